The fourth-order valence-corrected chi connectivity index (χ4v) is 2.34. The summed E-state index contributed by atoms with van der Waals surface area (Å²) in [4.78, 5) is 25.4. The van der Waals surface area contributed by atoms with Gasteiger partial charge in [0.25, 0.3) is 5.91 Å². The maximum atomic E-state index is 12.5. The van der Waals surface area contributed by atoms with Crippen LogP contribution < -0.4 is 15.5 Å². The molecule has 22 heavy (non-hydrogen) atoms. The molecule has 2 aromatic rings. The lowest BCUT2D eigenvalue weighted by molar-refractivity contribution is 0.0989. The van der Waals surface area contributed by atoms with Crippen molar-refractivity contribution in [3.63, 3.8) is 0 Å². The summed E-state index contributed by atoms with van der Waals surface area (Å²) in [6.45, 7) is 1.05. The van der Waals surface area contributed by atoms with Crippen molar-refractivity contribution in [3.8, 4) is 5.75 Å². The van der Waals surface area contributed by atoms with Gasteiger partial charge in [0.15, 0.2) is 5.82 Å². The molecule has 3 amide bonds. The van der Waals surface area contributed by atoms with E-state index < -0.39 is 0 Å². The Labute approximate surface area is 126 Å². The van der Waals surface area contributed by atoms with E-state index >= 15 is 0 Å². The standard InChI is InChI=1S/C14H15N5O3/c1-15-14(22)16-11-8-12-18(5-6-19(12)17-11)13(21)9-3-2-4-10(20)7-9/h2-4,7-8,20H,5-6H2,1H3,(H2,15,16,17,22). The summed E-state index contributed by atoms with van der Waals surface area (Å²) in [6, 6.07) is 7.46. The van der Waals surface area contributed by atoms with E-state index in [1.807, 2.05) is 0 Å². The number of carbonyl (C=O) groups excluding carboxylic acids is 2. The number of carbonyl (C=O) groups is 2. The molecule has 0 saturated carbocycles. The van der Waals surface area contributed by atoms with Gasteiger partial charge in [-0.15, -0.1) is 0 Å². The second-order valence-electron chi connectivity index (χ2n) is 4.82. The summed E-state index contributed by atoms with van der Waals surface area (Å²) in [5, 5.41) is 18.7. The highest BCUT2D eigenvalue weighted by atomic mass is 16.3. The molecule has 2 heterocycles. The van der Waals surface area contributed by atoms with Gasteiger partial charge >= 0.3 is 6.03 Å². The summed E-state index contributed by atoms with van der Waals surface area (Å²) < 4.78 is 1.66. The summed E-state index contributed by atoms with van der Waals surface area (Å²) in [5.74, 6) is 0.809. The minimum absolute atomic E-state index is 0.0422. The molecule has 1 aromatic carbocycles. The number of amides is 3. The van der Waals surface area contributed by atoms with Crippen molar-refractivity contribution in [1.29, 1.82) is 0 Å². The molecule has 3 rings (SSSR count). The van der Waals surface area contributed by atoms with E-state index in [2.05, 4.69) is 15.7 Å². The minimum atomic E-state index is -0.373. The lowest BCUT2D eigenvalue weighted by Crippen LogP contribution is -2.29. The quantitative estimate of drug-likeness (QED) is 0.770. The molecule has 0 spiro atoms. The van der Waals surface area contributed by atoms with E-state index in [0.717, 1.165) is 0 Å². The number of aromatic hydroxyl groups is 1. The Hall–Kier alpha value is -3.03. The van der Waals surface area contributed by atoms with Gasteiger partial charge in [-0.3, -0.25) is 15.0 Å². The normalized spacial score (nSPS) is 12.9. The van der Waals surface area contributed by atoms with Gasteiger partial charge < -0.3 is 10.4 Å². The van der Waals surface area contributed by atoms with Crippen LogP contribution in [0, 0.1) is 0 Å². The van der Waals surface area contributed by atoms with Gasteiger partial charge in [0, 0.05) is 25.2 Å². The van der Waals surface area contributed by atoms with Crippen molar-refractivity contribution < 1.29 is 14.7 Å². The molecule has 114 valence electrons. The van der Waals surface area contributed by atoms with Crippen LogP contribution >= 0.6 is 0 Å². The molecule has 1 aliphatic rings. The monoisotopic (exact) mass is 301 g/mol. The summed E-state index contributed by atoms with van der Waals surface area (Å²) in [7, 11) is 1.51. The van der Waals surface area contributed by atoms with E-state index in [9.17, 15) is 14.7 Å². The average Bonchev–Trinajstić information content (AvgIpc) is 3.06. The van der Waals surface area contributed by atoms with E-state index in [0.29, 0.717) is 30.3 Å². The van der Waals surface area contributed by atoms with Crippen molar-refractivity contribution in [2.75, 3.05) is 23.8 Å². The predicted molar refractivity (Wildman–Crippen MR) is 80.1 cm³/mol. The van der Waals surface area contributed by atoms with Crippen LogP contribution in [0.25, 0.3) is 0 Å². The van der Waals surface area contributed by atoms with Crippen LogP contribution in [-0.2, 0) is 6.54 Å². The number of nitrogens with one attached hydrogen (secondary N) is 2. The second-order valence-corrected chi connectivity index (χ2v) is 4.82. The number of fused-ring (bicyclic) bond motifs is 1. The number of nitrogens with zero attached hydrogens (tertiary/aromatic N) is 3. The topological polar surface area (TPSA) is 99.5 Å². The largest absolute Gasteiger partial charge is 0.508 e. The first kappa shape index (κ1) is 13.9. The molecule has 1 aromatic heterocycles. The maximum Gasteiger partial charge on any atom is 0.320 e. The third-order valence-electron chi connectivity index (χ3n) is 3.38. The zero-order valence-electron chi connectivity index (χ0n) is 11.9. The molecule has 8 nitrogen and oxygen atoms in total. The van der Waals surface area contributed by atoms with Crippen molar-refractivity contribution in [1.82, 2.24) is 15.1 Å². The number of phenols is 1. The van der Waals surface area contributed by atoms with E-state index in [1.165, 1.54) is 19.2 Å². The molecule has 0 bridgehead atoms. The summed E-state index contributed by atoms with van der Waals surface area (Å²) >= 11 is 0. The SMILES string of the molecule is CNC(=O)Nc1cc2n(n1)CCN2C(=O)c1cccc(O)c1. The minimum Gasteiger partial charge on any atom is -0.508 e. The highest BCUT2D eigenvalue weighted by molar-refractivity contribution is 6.06. The third-order valence-corrected chi connectivity index (χ3v) is 3.38. The van der Waals surface area contributed by atoms with Gasteiger partial charge in [0.05, 0.1) is 6.54 Å². The first-order chi connectivity index (χ1) is 10.6. The molecule has 3 N–H and O–H groups in total. The average molecular weight is 301 g/mol. The Morgan fingerprint density at radius 2 is 2.09 bits per heavy atom. The van der Waals surface area contributed by atoms with Crippen LogP contribution in [0.5, 0.6) is 5.75 Å². The fourth-order valence-electron chi connectivity index (χ4n) is 2.34. The van der Waals surface area contributed by atoms with Gasteiger partial charge in [-0.2, -0.15) is 5.10 Å². The molecule has 8 heteroatoms. The zero-order chi connectivity index (χ0) is 15.7. The van der Waals surface area contributed by atoms with Gasteiger partial charge in [-0.1, -0.05) is 6.07 Å². The number of phenolic OH excluding ortho intramolecular Hbond substituents is 1. The number of hydrogen-bond donors (Lipinski definition) is 3. The highest BCUT2D eigenvalue weighted by Crippen LogP contribution is 2.26. The Morgan fingerprint density at radius 1 is 1.27 bits per heavy atom. The highest BCUT2D eigenvalue weighted by Gasteiger charge is 2.28. The van der Waals surface area contributed by atoms with Crippen LogP contribution in [0.2, 0.25) is 0 Å². The first-order valence-electron chi connectivity index (χ1n) is 6.76. The Bertz CT molecular complexity index is 740. The molecule has 1 aliphatic heterocycles. The zero-order valence-corrected chi connectivity index (χ0v) is 11.9. The first-order valence-corrected chi connectivity index (χ1v) is 6.76. The number of benzene rings is 1. The number of rotatable bonds is 2. The lowest BCUT2D eigenvalue weighted by Gasteiger charge is -2.14. The number of hydrogen-bond acceptors (Lipinski definition) is 4. The Morgan fingerprint density at radius 3 is 2.82 bits per heavy atom. The molecule has 0 saturated heterocycles. The lowest BCUT2D eigenvalue weighted by atomic mass is 10.2. The van der Waals surface area contributed by atoms with Crippen LogP contribution in [0.1, 0.15) is 10.4 Å². The van der Waals surface area contributed by atoms with E-state index in [1.54, 1.807) is 27.8 Å². The van der Waals surface area contributed by atoms with Gasteiger partial charge in [-0.25, -0.2) is 9.48 Å². The molecular formula is C14H15N5O3. The van der Waals surface area contributed by atoms with Gasteiger partial charge in [-0.05, 0) is 18.2 Å². The molecule has 0 unspecified atom stereocenters. The second kappa shape index (κ2) is 5.40. The smallest absolute Gasteiger partial charge is 0.320 e. The van der Waals surface area contributed by atoms with Gasteiger partial charge in [0.2, 0.25) is 0 Å². The Balaban J connectivity index is 1.84. The van der Waals surface area contributed by atoms with Crippen molar-refractivity contribution in [2.24, 2.45) is 0 Å². The van der Waals surface area contributed by atoms with Crippen molar-refractivity contribution >= 4 is 23.6 Å². The van der Waals surface area contributed by atoms with Crippen molar-refractivity contribution in [2.45, 2.75) is 6.54 Å². The number of urea groups is 1. The number of anilines is 2. The van der Waals surface area contributed by atoms with Crippen LogP contribution in [0.4, 0.5) is 16.4 Å². The molecular weight excluding hydrogens is 286 g/mol. The molecule has 0 atom stereocenters. The predicted octanol–water partition coefficient (Wildman–Crippen LogP) is 1.00. The van der Waals surface area contributed by atoms with Crippen molar-refractivity contribution in [3.05, 3.63) is 35.9 Å². The van der Waals surface area contributed by atoms with E-state index in [-0.39, 0.29) is 17.7 Å². The maximum absolute atomic E-state index is 12.5. The molecule has 0 radical (unpaired) electrons. The summed E-state index contributed by atoms with van der Waals surface area (Å²) in [6.07, 6.45) is 0. The van der Waals surface area contributed by atoms with Crippen LogP contribution in [-0.4, -0.2) is 40.4 Å². The summed E-state index contributed by atoms with van der Waals surface area (Å²) in [5.41, 5.74) is 0.399. The van der Waals surface area contributed by atoms with E-state index in [4.69, 9.17) is 0 Å². The van der Waals surface area contributed by atoms with Crippen LogP contribution in [0.15, 0.2) is 30.3 Å². The third kappa shape index (κ3) is 2.46. The van der Waals surface area contributed by atoms with Gasteiger partial charge in [0.1, 0.15) is 11.6 Å². The fraction of sp³-hybridized carbons (Fsp3) is 0.214. The molecule has 0 aliphatic carbocycles. The number of aromatic nitrogens is 2. The molecule has 0 fully saturated rings. The Kier molecular flexibility index (Phi) is 3.42. The van der Waals surface area contributed by atoms with Crippen LogP contribution in [0.3, 0.4) is 0 Å².